The zero-order valence-corrected chi connectivity index (χ0v) is 8.12. The van der Waals surface area contributed by atoms with Gasteiger partial charge >= 0.3 is 0 Å². The van der Waals surface area contributed by atoms with E-state index in [1.807, 2.05) is 0 Å². The molecule has 1 aromatic rings. The standard InChI is InChI=1S/C8H14N4O2/c1-2-3-4-10-7(13)5-6-8(9)12-14-11-6/h2-5H2,1H3,(H2,9,12)(H,10,13). The smallest absolute Gasteiger partial charge is 0.226 e. The zero-order valence-electron chi connectivity index (χ0n) is 8.12. The molecule has 0 atom stereocenters. The number of rotatable bonds is 5. The summed E-state index contributed by atoms with van der Waals surface area (Å²) in [4.78, 5) is 11.3. The molecule has 0 radical (unpaired) electrons. The number of anilines is 1. The second-order valence-electron chi connectivity index (χ2n) is 2.98. The van der Waals surface area contributed by atoms with Gasteiger partial charge in [-0.3, -0.25) is 4.79 Å². The van der Waals surface area contributed by atoms with E-state index < -0.39 is 0 Å². The van der Waals surface area contributed by atoms with Gasteiger partial charge < -0.3 is 11.1 Å². The van der Waals surface area contributed by atoms with Crippen molar-refractivity contribution in [3.8, 4) is 0 Å². The van der Waals surface area contributed by atoms with E-state index in [9.17, 15) is 4.79 Å². The van der Waals surface area contributed by atoms with Crippen LogP contribution in [0.15, 0.2) is 4.63 Å². The minimum absolute atomic E-state index is 0.110. The van der Waals surface area contributed by atoms with Gasteiger partial charge in [-0.2, -0.15) is 0 Å². The number of nitrogens with one attached hydrogen (secondary N) is 1. The maximum atomic E-state index is 11.3. The molecule has 14 heavy (non-hydrogen) atoms. The Kier molecular flexibility index (Phi) is 3.90. The number of amides is 1. The van der Waals surface area contributed by atoms with Crippen molar-refractivity contribution in [2.75, 3.05) is 12.3 Å². The van der Waals surface area contributed by atoms with Gasteiger partial charge in [-0.05, 0) is 11.6 Å². The van der Waals surface area contributed by atoms with Crippen molar-refractivity contribution in [3.05, 3.63) is 5.69 Å². The van der Waals surface area contributed by atoms with E-state index in [1.54, 1.807) is 0 Å². The van der Waals surface area contributed by atoms with Gasteiger partial charge in [0.25, 0.3) is 0 Å². The van der Waals surface area contributed by atoms with Crippen LogP contribution in [0.2, 0.25) is 0 Å². The molecule has 6 nitrogen and oxygen atoms in total. The summed E-state index contributed by atoms with van der Waals surface area (Å²) in [5, 5.41) is 9.63. The molecule has 0 fully saturated rings. The van der Waals surface area contributed by atoms with Gasteiger partial charge in [-0.25, -0.2) is 4.63 Å². The van der Waals surface area contributed by atoms with Crippen LogP contribution >= 0.6 is 0 Å². The minimum atomic E-state index is -0.110. The Morgan fingerprint density at radius 2 is 2.36 bits per heavy atom. The first-order chi connectivity index (χ1) is 6.74. The lowest BCUT2D eigenvalue weighted by molar-refractivity contribution is -0.120. The Labute approximate surface area is 81.8 Å². The van der Waals surface area contributed by atoms with Crippen LogP contribution < -0.4 is 11.1 Å². The highest BCUT2D eigenvalue weighted by Crippen LogP contribution is 2.04. The van der Waals surface area contributed by atoms with Crippen molar-refractivity contribution < 1.29 is 9.42 Å². The molecular formula is C8H14N4O2. The monoisotopic (exact) mass is 198 g/mol. The number of nitrogen functional groups attached to an aromatic ring is 1. The molecule has 1 aromatic heterocycles. The Hall–Kier alpha value is -1.59. The molecule has 0 aromatic carbocycles. The highest BCUT2D eigenvalue weighted by Gasteiger charge is 2.10. The van der Waals surface area contributed by atoms with Crippen LogP contribution in [0.25, 0.3) is 0 Å². The highest BCUT2D eigenvalue weighted by molar-refractivity contribution is 5.78. The molecule has 0 aliphatic heterocycles. The molecule has 1 amide bonds. The van der Waals surface area contributed by atoms with Crippen LogP contribution in [0, 0.1) is 0 Å². The van der Waals surface area contributed by atoms with Gasteiger partial charge in [-0.1, -0.05) is 18.5 Å². The largest absolute Gasteiger partial charge is 0.379 e. The number of hydrogen-bond donors (Lipinski definition) is 2. The molecule has 0 unspecified atom stereocenters. The van der Waals surface area contributed by atoms with E-state index in [4.69, 9.17) is 5.73 Å². The number of aromatic nitrogens is 2. The van der Waals surface area contributed by atoms with Crippen LogP contribution in [0.3, 0.4) is 0 Å². The van der Waals surface area contributed by atoms with Crippen LogP contribution in [0.1, 0.15) is 25.5 Å². The summed E-state index contributed by atoms with van der Waals surface area (Å²) in [6.07, 6.45) is 2.14. The number of unbranched alkanes of at least 4 members (excludes halogenated alkanes) is 1. The molecule has 0 aliphatic rings. The Balaban J connectivity index is 2.31. The van der Waals surface area contributed by atoms with E-state index in [-0.39, 0.29) is 18.1 Å². The van der Waals surface area contributed by atoms with E-state index >= 15 is 0 Å². The van der Waals surface area contributed by atoms with Gasteiger partial charge in [0.2, 0.25) is 5.91 Å². The van der Waals surface area contributed by atoms with Crippen molar-refractivity contribution in [1.29, 1.82) is 0 Å². The van der Waals surface area contributed by atoms with Crippen molar-refractivity contribution in [3.63, 3.8) is 0 Å². The first-order valence-corrected chi connectivity index (χ1v) is 4.57. The minimum Gasteiger partial charge on any atom is -0.379 e. The molecule has 1 heterocycles. The van der Waals surface area contributed by atoms with E-state index in [0.29, 0.717) is 12.2 Å². The van der Waals surface area contributed by atoms with E-state index in [2.05, 4.69) is 27.2 Å². The number of hydrogen-bond acceptors (Lipinski definition) is 5. The van der Waals surface area contributed by atoms with Crippen molar-refractivity contribution in [2.45, 2.75) is 26.2 Å². The summed E-state index contributed by atoms with van der Waals surface area (Å²) < 4.78 is 4.37. The number of nitrogens with two attached hydrogens (primary N) is 1. The third-order valence-electron chi connectivity index (χ3n) is 1.77. The lowest BCUT2D eigenvalue weighted by atomic mass is 10.3. The van der Waals surface area contributed by atoms with E-state index in [1.165, 1.54) is 0 Å². The zero-order chi connectivity index (χ0) is 10.4. The van der Waals surface area contributed by atoms with Gasteiger partial charge in [0, 0.05) is 6.54 Å². The van der Waals surface area contributed by atoms with Crippen molar-refractivity contribution in [2.24, 2.45) is 0 Å². The first-order valence-electron chi connectivity index (χ1n) is 4.57. The van der Waals surface area contributed by atoms with Gasteiger partial charge in [0.1, 0.15) is 5.69 Å². The molecule has 1 rings (SSSR count). The molecule has 3 N–H and O–H groups in total. The molecule has 0 spiro atoms. The van der Waals surface area contributed by atoms with Gasteiger partial charge in [0.05, 0.1) is 6.42 Å². The second-order valence-corrected chi connectivity index (χ2v) is 2.98. The Morgan fingerprint density at radius 1 is 1.57 bits per heavy atom. The quantitative estimate of drug-likeness (QED) is 0.655. The second kappa shape index (κ2) is 5.21. The lowest BCUT2D eigenvalue weighted by Crippen LogP contribution is -2.26. The van der Waals surface area contributed by atoms with Crippen molar-refractivity contribution in [1.82, 2.24) is 15.6 Å². The predicted octanol–water partition coefficient (Wildman–Crippen LogP) is 0.111. The number of carbonyl (C=O) groups excluding carboxylic acids is 1. The normalized spacial score (nSPS) is 10.1. The fourth-order valence-electron chi connectivity index (χ4n) is 0.955. The maximum absolute atomic E-state index is 11.3. The van der Waals surface area contributed by atoms with Crippen LogP contribution in [-0.2, 0) is 11.2 Å². The summed E-state index contributed by atoms with van der Waals surface area (Å²) in [6, 6.07) is 0. The first kappa shape index (κ1) is 10.5. The molecular weight excluding hydrogens is 184 g/mol. The fraction of sp³-hybridized carbons (Fsp3) is 0.625. The Bertz CT molecular complexity index is 297. The number of nitrogens with zero attached hydrogens (tertiary/aromatic N) is 2. The van der Waals surface area contributed by atoms with Crippen molar-refractivity contribution >= 4 is 11.7 Å². The highest BCUT2D eigenvalue weighted by atomic mass is 16.6. The summed E-state index contributed by atoms with van der Waals surface area (Å²) in [6.45, 7) is 2.74. The SMILES string of the molecule is CCCCNC(=O)Cc1nonc1N. The third kappa shape index (κ3) is 3.04. The molecule has 0 aliphatic carbocycles. The van der Waals surface area contributed by atoms with E-state index in [0.717, 1.165) is 12.8 Å². The topological polar surface area (TPSA) is 94.0 Å². The Morgan fingerprint density at radius 3 is 2.93 bits per heavy atom. The maximum Gasteiger partial charge on any atom is 0.226 e. The summed E-state index contributed by atoms with van der Waals surface area (Å²) in [5.74, 6) is 0.0662. The average molecular weight is 198 g/mol. The third-order valence-corrected chi connectivity index (χ3v) is 1.77. The summed E-state index contributed by atoms with van der Waals surface area (Å²) in [7, 11) is 0. The molecule has 0 bridgehead atoms. The fourth-order valence-corrected chi connectivity index (χ4v) is 0.955. The molecule has 0 saturated carbocycles. The van der Waals surface area contributed by atoms with Gasteiger partial charge in [0.15, 0.2) is 5.82 Å². The number of carbonyl (C=O) groups is 1. The lowest BCUT2D eigenvalue weighted by Gasteiger charge is -2.01. The van der Waals surface area contributed by atoms with Crippen LogP contribution in [0.4, 0.5) is 5.82 Å². The average Bonchev–Trinajstić information content (AvgIpc) is 2.52. The predicted molar refractivity (Wildman–Crippen MR) is 50.3 cm³/mol. The van der Waals surface area contributed by atoms with Crippen LogP contribution in [0.5, 0.6) is 0 Å². The molecule has 6 heteroatoms. The molecule has 0 saturated heterocycles. The molecule has 78 valence electrons. The van der Waals surface area contributed by atoms with Crippen LogP contribution in [-0.4, -0.2) is 22.8 Å². The van der Waals surface area contributed by atoms with Gasteiger partial charge in [-0.15, -0.1) is 0 Å². The summed E-state index contributed by atoms with van der Waals surface area (Å²) in [5.41, 5.74) is 5.78. The summed E-state index contributed by atoms with van der Waals surface area (Å²) >= 11 is 0.